The molecule has 8 heteroatoms. The molecule has 0 aromatic heterocycles. The highest BCUT2D eigenvalue weighted by molar-refractivity contribution is 6.31. The van der Waals surface area contributed by atoms with Gasteiger partial charge in [0.05, 0.1) is 19.3 Å². The summed E-state index contributed by atoms with van der Waals surface area (Å²) >= 11 is 12.0. The zero-order chi connectivity index (χ0) is 19.2. The van der Waals surface area contributed by atoms with E-state index in [9.17, 15) is 5.11 Å². The van der Waals surface area contributed by atoms with Crippen molar-refractivity contribution in [1.82, 2.24) is 4.90 Å². The molecule has 0 bridgehead atoms. The fourth-order valence-corrected chi connectivity index (χ4v) is 3.63. The van der Waals surface area contributed by atoms with Gasteiger partial charge in [-0.2, -0.15) is 0 Å². The molecule has 2 aromatic rings. The van der Waals surface area contributed by atoms with Crippen LogP contribution in [0.25, 0.3) is 0 Å². The Labute approximate surface area is 195 Å². The van der Waals surface area contributed by atoms with E-state index in [1.807, 2.05) is 36.4 Å². The van der Waals surface area contributed by atoms with Crippen molar-refractivity contribution in [3.8, 4) is 0 Å². The van der Waals surface area contributed by atoms with Crippen LogP contribution in [0, 0.1) is 6.92 Å². The lowest BCUT2D eigenvalue weighted by atomic mass is 10.1. The molecule has 0 amide bonds. The number of benzene rings is 2. The van der Waals surface area contributed by atoms with Crippen LogP contribution in [0.1, 0.15) is 11.1 Å². The number of nitrogens with zero attached hydrogens (tertiary/aromatic N) is 2. The first-order valence-corrected chi connectivity index (χ1v) is 10.0. The van der Waals surface area contributed by atoms with Crippen molar-refractivity contribution in [2.75, 3.05) is 44.2 Å². The standard InChI is InChI=1S/C21H26Cl2N2O2.2ClH/c1-16-2-5-19(23)12-21(16)25-10-8-24(9-11-25)13-20(26)15-27-14-17-3-6-18(22)7-4-17;;/h2-7,12,20,26H,8-11,13-15H2,1H3;2*1H. The van der Waals surface area contributed by atoms with Crippen molar-refractivity contribution in [3.05, 3.63) is 63.6 Å². The van der Waals surface area contributed by atoms with Crippen LogP contribution in [0.4, 0.5) is 5.69 Å². The molecule has 0 aliphatic carbocycles. The number of ether oxygens (including phenoxy) is 1. The average Bonchev–Trinajstić information content (AvgIpc) is 2.66. The summed E-state index contributed by atoms with van der Waals surface area (Å²) in [5, 5.41) is 11.8. The molecule has 1 atom stereocenters. The normalized spacial score (nSPS) is 15.4. The Morgan fingerprint density at radius 3 is 2.24 bits per heavy atom. The third-order valence-electron chi connectivity index (χ3n) is 4.85. The molecule has 0 saturated carbocycles. The van der Waals surface area contributed by atoms with Crippen LogP contribution in [0.2, 0.25) is 10.0 Å². The zero-order valence-corrected chi connectivity index (χ0v) is 19.5. The first-order valence-electron chi connectivity index (χ1n) is 9.25. The fraction of sp³-hybridized carbons (Fsp3) is 0.429. The second-order valence-electron chi connectivity index (χ2n) is 7.01. The molecule has 0 radical (unpaired) electrons. The van der Waals surface area contributed by atoms with Gasteiger partial charge in [-0.3, -0.25) is 4.90 Å². The number of anilines is 1. The summed E-state index contributed by atoms with van der Waals surface area (Å²) in [4.78, 5) is 4.65. The molecule has 1 heterocycles. The van der Waals surface area contributed by atoms with Gasteiger partial charge in [0, 0.05) is 48.5 Å². The summed E-state index contributed by atoms with van der Waals surface area (Å²) in [6.07, 6.45) is -0.489. The maximum Gasteiger partial charge on any atom is 0.0900 e. The number of β-amino-alcohol motifs (C(OH)–C–C–N with tert-alkyl or cyclic N) is 1. The molecular formula is C21H28Cl4N2O2. The summed E-state index contributed by atoms with van der Waals surface area (Å²) in [7, 11) is 0. The van der Waals surface area contributed by atoms with Crippen molar-refractivity contribution in [3.63, 3.8) is 0 Å². The molecule has 2 aromatic carbocycles. The summed E-state index contributed by atoms with van der Waals surface area (Å²) in [6, 6.07) is 13.6. The predicted molar refractivity (Wildman–Crippen MR) is 126 cm³/mol. The summed E-state index contributed by atoms with van der Waals surface area (Å²) in [6.45, 7) is 7.24. The summed E-state index contributed by atoms with van der Waals surface area (Å²) in [5.41, 5.74) is 3.49. The van der Waals surface area contributed by atoms with E-state index in [1.54, 1.807) is 0 Å². The molecule has 1 fully saturated rings. The Morgan fingerprint density at radius 2 is 1.59 bits per heavy atom. The van der Waals surface area contributed by atoms with Crippen molar-refractivity contribution in [2.45, 2.75) is 19.6 Å². The Balaban J connectivity index is 0.00000210. The number of rotatable bonds is 7. The van der Waals surface area contributed by atoms with Crippen LogP contribution >= 0.6 is 48.0 Å². The predicted octanol–water partition coefficient (Wildman–Crippen LogP) is 4.85. The minimum absolute atomic E-state index is 0. The maximum atomic E-state index is 10.3. The van der Waals surface area contributed by atoms with E-state index >= 15 is 0 Å². The molecule has 29 heavy (non-hydrogen) atoms. The van der Waals surface area contributed by atoms with Crippen LogP contribution in [-0.2, 0) is 11.3 Å². The molecule has 162 valence electrons. The molecule has 1 unspecified atom stereocenters. The lowest BCUT2D eigenvalue weighted by Crippen LogP contribution is -2.49. The van der Waals surface area contributed by atoms with Crippen LogP contribution in [0.5, 0.6) is 0 Å². The van der Waals surface area contributed by atoms with E-state index in [0.29, 0.717) is 24.8 Å². The monoisotopic (exact) mass is 480 g/mol. The Bertz CT molecular complexity index is 738. The van der Waals surface area contributed by atoms with E-state index in [4.69, 9.17) is 27.9 Å². The van der Waals surface area contributed by atoms with Crippen LogP contribution in [0.3, 0.4) is 0 Å². The van der Waals surface area contributed by atoms with E-state index in [2.05, 4.69) is 22.8 Å². The van der Waals surface area contributed by atoms with E-state index in [0.717, 1.165) is 36.8 Å². The van der Waals surface area contributed by atoms with E-state index in [1.165, 1.54) is 11.3 Å². The molecular weight excluding hydrogens is 454 g/mol. The number of aryl methyl sites for hydroxylation is 1. The topological polar surface area (TPSA) is 35.9 Å². The van der Waals surface area contributed by atoms with Crippen LogP contribution in [0.15, 0.2) is 42.5 Å². The van der Waals surface area contributed by atoms with Crippen molar-refractivity contribution < 1.29 is 9.84 Å². The first kappa shape index (κ1) is 26.3. The number of halogens is 4. The van der Waals surface area contributed by atoms with Gasteiger partial charge in [0.15, 0.2) is 0 Å². The highest BCUT2D eigenvalue weighted by Gasteiger charge is 2.20. The molecule has 0 spiro atoms. The summed E-state index contributed by atoms with van der Waals surface area (Å²) in [5.74, 6) is 0. The molecule has 4 nitrogen and oxygen atoms in total. The Morgan fingerprint density at radius 1 is 0.966 bits per heavy atom. The van der Waals surface area contributed by atoms with Crippen molar-refractivity contribution in [1.29, 1.82) is 0 Å². The second-order valence-corrected chi connectivity index (χ2v) is 7.89. The lowest BCUT2D eigenvalue weighted by molar-refractivity contribution is 0.00914. The van der Waals surface area contributed by atoms with E-state index in [-0.39, 0.29) is 24.8 Å². The van der Waals surface area contributed by atoms with Gasteiger partial charge in [0.2, 0.25) is 0 Å². The van der Waals surface area contributed by atoms with E-state index < -0.39 is 6.10 Å². The van der Waals surface area contributed by atoms with Crippen LogP contribution < -0.4 is 4.90 Å². The first-order chi connectivity index (χ1) is 13.0. The average molecular weight is 482 g/mol. The molecule has 3 rings (SSSR count). The number of aliphatic hydroxyl groups excluding tert-OH is 1. The van der Waals surface area contributed by atoms with Gasteiger partial charge in [-0.15, -0.1) is 24.8 Å². The number of aliphatic hydroxyl groups is 1. The third kappa shape index (κ3) is 8.14. The van der Waals surface area contributed by atoms with Gasteiger partial charge < -0.3 is 14.7 Å². The molecule has 1 aliphatic heterocycles. The smallest absolute Gasteiger partial charge is 0.0900 e. The van der Waals surface area contributed by atoms with Crippen molar-refractivity contribution in [2.24, 2.45) is 0 Å². The quantitative estimate of drug-likeness (QED) is 0.613. The number of hydrogen-bond donors (Lipinski definition) is 1. The van der Waals surface area contributed by atoms with Crippen molar-refractivity contribution >= 4 is 53.7 Å². The van der Waals surface area contributed by atoms with Gasteiger partial charge in [0.25, 0.3) is 0 Å². The van der Waals surface area contributed by atoms with Gasteiger partial charge in [-0.25, -0.2) is 0 Å². The Hall–Kier alpha value is -0.720. The highest BCUT2D eigenvalue weighted by atomic mass is 35.5. The van der Waals surface area contributed by atoms with Gasteiger partial charge in [-0.1, -0.05) is 41.4 Å². The fourth-order valence-electron chi connectivity index (χ4n) is 3.34. The van der Waals surface area contributed by atoms with Gasteiger partial charge in [-0.05, 0) is 42.3 Å². The number of hydrogen-bond acceptors (Lipinski definition) is 4. The maximum absolute atomic E-state index is 10.3. The largest absolute Gasteiger partial charge is 0.389 e. The summed E-state index contributed by atoms with van der Waals surface area (Å²) < 4.78 is 5.64. The second kappa shape index (κ2) is 12.9. The molecule has 1 N–H and O–H groups in total. The SMILES string of the molecule is Cc1ccc(Cl)cc1N1CCN(CC(O)COCc2ccc(Cl)cc2)CC1.Cl.Cl. The van der Waals surface area contributed by atoms with Crippen LogP contribution in [-0.4, -0.2) is 55.4 Å². The number of piperazine rings is 1. The lowest BCUT2D eigenvalue weighted by Gasteiger charge is -2.37. The molecule has 1 saturated heterocycles. The molecule has 1 aliphatic rings. The van der Waals surface area contributed by atoms with Gasteiger partial charge >= 0.3 is 0 Å². The minimum Gasteiger partial charge on any atom is -0.389 e. The Kier molecular flexibility index (Phi) is 11.7. The minimum atomic E-state index is -0.489. The van der Waals surface area contributed by atoms with Gasteiger partial charge in [0.1, 0.15) is 0 Å². The highest BCUT2D eigenvalue weighted by Crippen LogP contribution is 2.25. The zero-order valence-electron chi connectivity index (χ0n) is 16.4. The third-order valence-corrected chi connectivity index (χ3v) is 5.33.